The van der Waals surface area contributed by atoms with E-state index in [2.05, 4.69) is 34.4 Å². The summed E-state index contributed by atoms with van der Waals surface area (Å²) in [6, 6.07) is 11.4. The van der Waals surface area contributed by atoms with Crippen molar-refractivity contribution in [3.8, 4) is 22.4 Å². The van der Waals surface area contributed by atoms with Gasteiger partial charge in [0.25, 0.3) is 5.91 Å². The lowest BCUT2D eigenvalue weighted by atomic mass is 9.88. The Morgan fingerprint density at radius 3 is 2.43 bits per heavy atom. The van der Waals surface area contributed by atoms with Gasteiger partial charge in [0.05, 0.1) is 50.1 Å². The summed E-state index contributed by atoms with van der Waals surface area (Å²) in [7, 11) is 1.59. The first-order chi connectivity index (χ1) is 21.0. The van der Waals surface area contributed by atoms with Crippen LogP contribution in [0, 0.1) is 5.92 Å². The van der Waals surface area contributed by atoms with Crippen molar-refractivity contribution in [3.05, 3.63) is 88.0 Å². The van der Waals surface area contributed by atoms with Crippen molar-refractivity contribution in [2.45, 2.75) is 52.1 Å². The van der Waals surface area contributed by atoms with Crippen molar-refractivity contribution in [1.29, 1.82) is 0 Å². The summed E-state index contributed by atoms with van der Waals surface area (Å²) >= 11 is 14.0. The molecule has 10 heteroatoms. The number of aromatic nitrogens is 2. The minimum atomic E-state index is -0.228. The molecule has 2 aliphatic rings. The Hall–Kier alpha value is -3.72. The molecule has 5 rings (SSSR count). The number of amides is 2. The number of hydrogen-bond acceptors (Lipinski definition) is 6. The molecule has 2 aromatic carbocycles. The van der Waals surface area contributed by atoms with E-state index in [1.807, 2.05) is 56.3 Å². The van der Waals surface area contributed by atoms with Crippen LogP contribution in [0.25, 0.3) is 22.4 Å². The average molecular weight is 634 g/mol. The van der Waals surface area contributed by atoms with E-state index in [1.54, 1.807) is 13.2 Å². The van der Waals surface area contributed by atoms with Crippen LogP contribution in [-0.4, -0.2) is 52.4 Å². The molecule has 44 heavy (non-hydrogen) atoms. The SMILES string of the molecule is C=C(Nc1cccc(-c2cccc(-c3cnc(CN4CC5(CCC(=O)N5)C4)c(CC)n3)c2Cl)c1Cl)/C(=C/C(C)C)C(=O)NC. The number of nitrogens with one attached hydrogen (secondary N) is 3. The van der Waals surface area contributed by atoms with Crippen molar-refractivity contribution >= 4 is 40.7 Å². The Morgan fingerprint density at radius 2 is 1.80 bits per heavy atom. The number of allylic oxidation sites excluding steroid dienone is 1. The van der Waals surface area contributed by atoms with Crippen molar-refractivity contribution < 1.29 is 9.59 Å². The number of likely N-dealkylation sites (N-methyl/N-ethyl adjacent to an activating group) is 1. The Balaban J connectivity index is 1.38. The molecule has 2 amide bonds. The van der Waals surface area contributed by atoms with Gasteiger partial charge in [-0.3, -0.25) is 19.5 Å². The van der Waals surface area contributed by atoms with E-state index in [0.29, 0.717) is 45.7 Å². The van der Waals surface area contributed by atoms with Gasteiger partial charge in [-0.15, -0.1) is 0 Å². The van der Waals surface area contributed by atoms with Gasteiger partial charge >= 0.3 is 0 Å². The van der Waals surface area contributed by atoms with Crippen LogP contribution in [-0.2, 0) is 22.6 Å². The summed E-state index contributed by atoms with van der Waals surface area (Å²) in [6.07, 6.45) is 5.87. The van der Waals surface area contributed by atoms with Gasteiger partial charge < -0.3 is 16.0 Å². The molecular weight excluding hydrogens is 595 g/mol. The number of hydrogen-bond donors (Lipinski definition) is 3. The molecule has 2 saturated heterocycles. The molecule has 8 nitrogen and oxygen atoms in total. The molecule has 0 aliphatic carbocycles. The normalized spacial score (nSPS) is 16.2. The lowest BCUT2D eigenvalue weighted by molar-refractivity contribution is -0.121. The lowest BCUT2D eigenvalue weighted by Crippen LogP contribution is -2.66. The fraction of sp³-hybridized carbons (Fsp3) is 0.353. The number of likely N-dealkylation sites (tertiary alicyclic amines) is 1. The second-order valence-electron chi connectivity index (χ2n) is 11.8. The van der Waals surface area contributed by atoms with E-state index in [4.69, 9.17) is 33.2 Å². The van der Waals surface area contributed by atoms with Crippen LogP contribution in [0.1, 0.15) is 45.0 Å². The minimum Gasteiger partial charge on any atom is -0.355 e. The van der Waals surface area contributed by atoms with Crippen molar-refractivity contribution in [3.63, 3.8) is 0 Å². The van der Waals surface area contributed by atoms with Gasteiger partial charge in [0, 0.05) is 55.5 Å². The number of benzene rings is 2. The number of rotatable bonds is 10. The van der Waals surface area contributed by atoms with E-state index >= 15 is 0 Å². The van der Waals surface area contributed by atoms with Crippen LogP contribution < -0.4 is 16.0 Å². The van der Waals surface area contributed by atoms with Gasteiger partial charge in [0.1, 0.15) is 0 Å². The Labute approximate surface area is 269 Å². The van der Waals surface area contributed by atoms with E-state index < -0.39 is 0 Å². The van der Waals surface area contributed by atoms with Crippen molar-refractivity contribution in [2.24, 2.45) is 5.92 Å². The Kier molecular flexibility index (Phi) is 9.44. The second-order valence-corrected chi connectivity index (χ2v) is 12.6. The van der Waals surface area contributed by atoms with Crippen LogP contribution in [0.3, 0.4) is 0 Å². The smallest absolute Gasteiger partial charge is 0.252 e. The second kappa shape index (κ2) is 13.1. The van der Waals surface area contributed by atoms with E-state index in [0.717, 1.165) is 54.0 Å². The molecule has 230 valence electrons. The third-order valence-corrected chi connectivity index (χ3v) is 8.89. The van der Waals surface area contributed by atoms with E-state index in [1.165, 1.54) is 0 Å². The maximum absolute atomic E-state index is 12.5. The highest BCUT2D eigenvalue weighted by Crippen LogP contribution is 2.41. The fourth-order valence-corrected chi connectivity index (χ4v) is 6.53. The fourth-order valence-electron chi connectivity index (χ4n) is 5.93. The molecule has 3 heterocycles. The largest absolute Gasteiger partial charge is 0.355 e. The zero-order valence-corrected chi connectivity index (χ0v) is 27.1. The molecule has 0 unspecified atom stereocenters. The lowest BCUT2D eigenvalue weighted by Gasteiger charge is -2.47. The number of anilines is 1. The van der Waals surface area contributed by atoms with Gasteiger partial charge in [-0.05, 0) is 24.8 Å². The molecule has 0 saturated carbocycles. The topological polar surface area (TPSA) is 99.2 Å². The first-order valence-electron chi connectivity index (χ1n) is 14.9. The van der Waals surface area contributed by atoms with Gasteiger partial charge in [-0.2, -0.15) is 0 Å². The highest BCUT2D eigenvalue weighted by molar-refractivity contribution is 6.39. The summed E-state index contributed by atoms with van der Waals surface area (Å²) in [5.74, 6) is 0.0679. The predicted molar refractivity (Wildman–Crippen MR) is 177 cm³/mol. The monoisotopic (exact) mass is 632 g/mol. The number of carbonyl (C=O) groups excluding carboxylic acids is 2. The molecular formula is C34H38Cl2N6O2. The van der Waals surface area contributed by atoms with Crippen molar-refractivity contribution in [2.75, 3.05) is 25.5 Å². The summed E-state index contributed by atoms with van der Waals surface area (Å²) < 4.78 is 0. The molecule has 3 aromatic rings. The average Bonchev–Trinajstić information content (AvgIpc) is 3.38. The number of halogens is 2. The maximum Gasteiger partial charge on any atom is 0.252 e. The standard InChI is InChI=1S/C34H38Cl2N6O2/c1-6-26-29(17-42-18-34(19-42)14-13-30(43)41-34)38-16-28(40-26)24-11-7-9-22(31(24)35)23-10-8-12-27(32(23)36)39-21(4)25(15-20(2)3)33(44)37-5/h7-12,15-16,20,39H,4,6,13-14,17-19H2,1-3,5H3,(H,37,44)(H,41,43)/b25-15-. The highest BCUT2D eigenvalue weighted by Gasteiger charge is 2.47. The summed E-state index contributed by atoms with van der Waals surface area (Å²) in [5.41, 5.74) is 6.23. The van der Waals surface area contributed by atoms with Gasteiger partial charge in [-0.1, -0.05) is 87.0 Å². The first-order valence-corrected chi connectivity index (χ1v) is 15.7. The molecule has 2 fully saturated rings. The van der Waals surface area contributed by atoms with Crippen LogP contribution in [0.2, 0.25) is 10.0 Å². The van der Waals surface area contributed by atoms with E-state index in [-0.39, 0.29) is 23.3 Å². The quantitative estimate of drug-likeness (QED) is 0.177. The van der Waals surface area contributed by atoms with Crippen LogP contribution in [0.15, 0.2) is 66.5 Å². The molecule has 3 N–H and O–H groups in total. The zero-order chi connectivity index (χ0) is 31.6. The highest BCUT2D eigenvalue weighted by atomic mass is 35.5. The van der Waals surface area contributed by atoms with Crippen LogP contribution >= 0.6 is 23.2 Å². The van der Waals surface area contributed by atoms with Crippen LogP contribution in [0.5, 0.6) is 0 Å². The third kappa shape index (κ3) is 6.53. The van der Waals surface area contributed by atoms with E-state index in [9.17, 15) is 9.59 Å². The summed E-state index contributed by atoms with van der Waals surface area (Å²) in [6.45, 7) is 12.5. The molecule has 1 spiro atoms. The summed E-state index contributed by atoms with van der Waals surface area (Å²) in [5, 5.41) is 10.00. The van der Waals surface area contributed by atoms with Gasteiger partial charge in [-0.25, -0.2) is 4.98 Å². The molecule has 0 radical (unpaired) electrons. The number of aryl methyl sites for hydroxylation is 1. The predicted octanol–water partition coefficient (Wildman–Crippen LogP) is 6.40. The number of carbonyl (C=O) groups is 2. The molecule has 1 aromatic heterocycles. The van der Waals surface area contributed by atoms with Gasteiger partial charge in [0.15, 0.2) is 0 Å². The first kappa shape index (κ1) is 31.7. The molecule has 0 atom stereocenters. The summed E-state index contributed by atoms with van der Waals surface area (Å²) in [4.78, 5) is 36.3. The molecule has 2 aliphatic heterocycles. The van der Waals surface area contributed by atoms with Crippen LogP contribution in [0.4, 0.5) is 5.69 Å². The van der Waals surface area contributed by atoms with Gasteiger partial charge in [0.2, 0.25) is 5.91 Å². The zero-order valence-electron chi connectivity index (χ0n) is 25.6. The minimum absolute atomic E-state index is 0.0661. The third-order valence-electron chi connectivity index (χ3n) is 8.07. The Morgan fingerprint density at radius 1 is 1.11 bits per heavy atom. The van der Waals surface area contributed by atoms with Crippen molar-refractivity contribution in [1.82, 2.24) is 25.5 Å². The molecule has 0 bridgehead atoms. The maximum atomic E-state index is 12.5. The number of nitrogens with zero attached hydrogens (tertiary/aromatic N) is 3. The Bertz CT molecular complexity index is 1640.